The Hall–Kier alpha value is -0.760. The summed E-state index contributed by atoms with van der Waals surface area (Å²) in [5, 5.41) is 10.1. The molecule has 0 aromatic rings. The Bertz CT molecular complexity index is 653. The maximum absolute atomic E-state index is 10.1. The lowest BCUT2D eigenvalue weighted by Crippen LogP contribution is -2.32. The quantitative estimate of drug-likeness (QED) is 0.520. The average Bonchev–Trinajstić information content (AvgIpc) is 3.35. The molecule has 186 valence electrons. The minimum absolute atomic E-state index is 0.0440. The van der Waals surface area contributed by atoms with E-state index in [2.05, 4.69) is 24.3 Å². The van der Waals surface area contributed by atoms with Gasteiger partial charge in [0.05, 0.1) is 18.3 Å². The molecule has 0 bridgehead atoms. The summed E-state index contributed by atoms with van der Waals surface area (Å²) >= 11 is 0. The maximum Gasteiger partial charge on any atom is 0.158 e. The molecule has 4 fully saturated rings. The van der Waals surface area contributed by atoms with Gasteiger partial charge in [0, 0.05) is 32.0 Å². The van der Waals surface area contributed by atoms with Crippen LogP contribution in [0.4, 0.5) is 0 Å². The summed E-state index contributed by atoms with van der Waals surface area (Å²) in [6, 6.07) is 0. The Morgan fingerprint density at radius 1 is 0.970 bits per heavy atom. The molecule has 1 saturated carbocycles. The normalized spacial score (nSPS) is 42.6. The molecule has 0 spiro atoms. The predicted molar refractivity (Wildman–Crippen MR) is 124 cm³/mol. The first kappa shape index (κ1) is 24.0. The minimum atomic E-state index is -0.653. The second-order valence-electron chi connectivity index (χ2n) is 10.6. The summed E-state index contributed by atoms with van der Waals surface area (Å²) in [7, 11) is 0. The van der Waals surface area contributed by atoms with Crippen molar-refractivity contribution >= 4 is 0 Å². The molecule has 6 nitrogen and oxygen atoms in total. The summed E-state index contributed by atoms with van der Waals surface area (Å²) in [5.74, 6) is 1.15. The van der Waals surface area contributed by atoms with Gasteiger partial charge in [-0.1, -0.05) is 24.3 Å². The molecule has 0 aromatic heterocycles. The SMILES string of the molecule is OC1C[C@@H]2[C@@H](/C=C/[C@H](CC3CC=CCC3)OC3CCCCO3)[C@H](OC3CCCCO3)C[C@@H]2O1. The summed E-state index contributed by atoms with van der Waals surface area (Å²) in [4.78, 5) is 0. The third kappa shape index (κ3) is 6.47. The molecule has 0 amide bonds. The van der Waals surface area contributed by atoms with E-state index in [0.717, 1.165) is 64.6 Å². The van der Waals surface area contributed by atoms with Crippen molar-refractivity contribution in [1.29, 1.82) is 0 Å². The van der Waals surface area contributed by atoms with Crippen molar-refractivity contribution in [3.05, 3.63) is 24.3 Å². The van der Waals surface area contributed by atoms with Gasteiger partial charge in [0.1, 0.15) is 0 Å². The van der Waals surface area contributed by atoms with Crippen LogP contribution in [-0.2, 0) is 23.7 Å². The highest BCUT2D eigenvalue weighted by molar-refractivity contribution is 5.08. The van der Waals surface area contributed by atoms with Crippen molar-refractivity contribution in [1.82, 2.24) is 0 Å². The standard InChI is InChI=1S/C27H42O6/c28-25-17-22-21(23(18-24(22)32-25)33-27-11-5-7-15-30-27)13-12-20(16-19-8-2-1-3-9-19)31-26-10-4-6-14-29-26/h1-2,12-13,19-28H,3-11,14-18H2/b13-12+/t19?,20-,21-,22-,23-,24+,25?,26?,27?/m1/s1. The van der Waals surface area contributed by atoms with E-state index in [1.165, 1.54) is 19.3 Å². The first-order chi connectivity index (χ1) is 16.2. The fraction of sp³-hybridized carbons (Fsp3) is 0.852. The van der Waals surface area contributed by atoms with E-state index < -0.39 is 6.29 Å². The lowest BCUT2D eigenvalue weighted by molar-refractivity contribution is -0.196. The summed E-state index contributed by atoms with van der Waals surface area (Å²) < 4.78 is 30.6. The molecule has 3 heterocycles. The number of allylic oxidation sites excluding steroid dienone is 2. The van der Waals surface area contributed by atoms with Crippen molar-refractivity contribution in [2.45, 2.75) is 114 Å². The number of hydrogen-bond donors (Lipinski definition) is 1. The van der Waals surface area contributed by atoms with E-state index >= 15 is 0 Å². The molecule has 0 aromatic carbocycles. The highest BCUT2D eigenvalue weighted by Gasteiger charge is 2.49. The van der Waals surface area contributed by atoms with Gasteiger partial charge in [-0.25, -0.2) is 0 Å². The summed E-state index contributed by atoms with van der Waals surface area (Å²) in [6.45, 7) is 1.58. The smallest absolute Gasteiger partial charge is 0.158 e. The minimum Gasteiger partial charge on any atom is -0.368 e. The predicted octanol–water partition coefficient (Wildman–Crippen LogP) is 4.86. The Morgan fingerprint density at radius 3 is 2.52 bits per heavy atom. The number of aliphatic hydroxyl groups is 1. The van der Waals surface area contributed by atoms with Crippen molar-refractivity contribution < 1.29 is 28.8 Å². The lowest BCUT2D eigenvalue weighted by atomic mass is 9.87. The Balaban J connectivity index is 1.27. The Morgan fingerprint density at radius 2 is 1.79 bits per heavy atom. The topological polar surface area (TPSA) is 66.4 Å². The fourth-order valence-corrected chi connectivity index (χ4v) is 6.31. The molecule has 5 rings (SSSR count). The van der Waals surface area contributed by atoms with Crippen LogP contribution < -0.4 is 0 Å². The van der Waals surface area contributed by atoms with Crippen LogP contribution >= 0.6 is 0 Å². The van der Waals surface area contributed by atoms with Crippen LogP contribution in [0, 0.1) is 17.8 Å². The zero-order valence-corrected chi connectivity index (χ0v) is 19.9. The zero-order chi connectivity index (χ0) is 22.5. The third-order valence-electron chi connectivity index (χ3n) is 8.09. The van der Waals surface area contributed by atoms with Crippen LogP contribution in [0.25, 0.3) is 0 Å². The molecule has 6 heteroatoms. The van der Waals surface area contributed by atoms with Crippen molar-refractivity contribution in [2.75, 3.05) is 13.2 Å². The summed E-state index contributed by atoms with van der Waals surface area (Å²) in [5.41, 5.74) is 0. The molecule has 9 atom stereocenters. The highest BCUT2D eigenvalue weighted by atomic mass is 16.7. The lowest BCUT2D eigenvalue weighted by Gasteiger charge is -2.30. The van der Waals surface area contributed by atoms with E-state index in [0.29, 0.717) is 12.3 Å². The first-order valence-electron chi connectivity index (χ1n) is 13.5. The summed E-state index contributed by atoms with van der Waals surface area (Å²) in [6.07, 6.45) is 21.1. The number of fused-ring (bicyclic) bond motifs is 1. The van der Waals surface area contributed by atoms with E-state index in [9.17, 15) is 5.11 Å². The molecule has 0 radical (unpaired) electrons. The molecule has 1 N–H and O–H groups in total. The van der Waals surface area contributed by atoms with E-state index in [-0.39, 0.29) is 42.7 Å². The number of aliphatic hydroxyl groups excluding tert-OH is 1. The van der Waals surface area contributed by atoms with Crippen molar-refractivity contribution in [2.24, 2.45) is 17.8 Å². The van der Waals surface area contributed by atoms with Crippen LogP contribution in [0.5, 0.6) is 0 Å². The van der Waals surface area contributed by atoms with Crippen LogP contribution in [0.15, 0.2) is 24.3 Å². The second-order valence-corrected chi connectivity index (χ2v) is 10.6. The molecular formula is C27H42O6. The van der Waals surface area contributed by atoms with Gasteiger partial charge in [-0.2, -0.15) is 0 Å². The van der Waals surface area contributed by atoms with Crippen LogP contribution in [0.2, 0.25) is 0 Å². The fourth-order valence-electron chi connectivity index (χ4n) is 6.31. The zero-order valence-electron chi connectivity index (χ0n) is 19.9. The van der Waals surface area contributed by atoms with Crippen molar-refractivity contribution in [3.8, 4) is 0 Å². The van der Waals surface area contributed by atoms with Gasteiger partial charge in [0.25, 0.3) is 0 Å². The van der Waals surface area contributed by atoms with Gasteiger partial charge < -0.3 is 28.8 Å². The molecule has 33 heavy (non-hydrogen) atoms. The van der Waals surface area contributed by atoms with E-state index in [1.54, 1.807) is 0 Å². The maximum atomic E-state index is 10.1. The van der Waals surface area contributed by atoms with Crippen LogP contribution in [0.3, 0.4) is 0 Å². The van der Waals surface area contributed by atoms with Crippen LogP contribution in [-0.4, -0.2) is 55.5 Å². The van der Waals surface area contributed by atoms with E-state index in [4.69, 9.17) is 23.7 Å². The van der Waals surface area contributed by atoms with Crippen LogP contribution in [0.1, 0.15) is 77.0 Å². The van der Waals surface area contributed by atoms with Gasteiger partial charge >= 0.3 is 0 Å². The van der Waals surface area contributed by atoms with Gasteiger partial charge in [-0.15, -0.1) is 0 Å². The van der Waals surface area contributed by atoms with Gasteiger partial charge in [0.15, 0.2) is 18.9 Å². The molecule has 3 saturated heterocycles. The first-order valence-corrected chi connectivity index (χ1v) is 13.5. The van der Waals surface area contributed by atoms with Gasteiger partial charge in [0.2, 0.25) is 0 Å². The Kier molecular flexibility index (Phi) is 8.55. The van der Waals surface area contributed by atoms with Gasteiger partial charge in [-0.05, 0) is 76.0 Å². The molecule has 3 aliphatic heterocycles. The molecular weight excluding hydrogens is 420 g/mol. The van der Waals surface area contributed by atoms with Crippen molar-refractivity contribution in [3.63, 3.8) is 0 Å². The molecule has 5 aliphatic rings. The Labute approximate surface area is 198 Å². The number of hydrogen-bond acceptors (Lipinski definition) is 6. The van der Waals surface area contributed by atoms with E-state index in [1.807, 2.05) is 0 Å². The number of ether oxygens (including phenoxy) is 5. The van der Waals surface area contributed by atoms with Gasteiger partial charge in [-0.3, -0.25) is 0 Å². The largest absolute Gasteiger partial charge is 0.368 e. The number of rotatable bonds is 8. The highest BCUT2D eigenvalue weighted by Crippen LogP contribution is 2.45. The average molecular weight is 463 g/mol. The second kappa shape index (κ2) is 11.8. The molecule has 2 aliphatic carbocycles. The third-order valence-corrected chi connectivity index (χ3v) is 8.09. The molecule has 4 unspecified atom stereocenters. The monoisotopic (exact) mass is 462 g/mol.